The van der Waals surface area contributed by atoms with Gasteiger partial charge in [-0.2, -0.15) is 0 Å². The summed E-state index contributed by atoms with van der Waals surface area (Å²) in [5, 5.41) is 9.99. The summed E-state index contributed by atoms with van der Waals surface area (Å²) in [6.45, 7) is 9.05. The number of benzene rings is 2. The first-order valence-corrected chi connectivity index (χ1v) is 12.1. The number of thioether (sulfide) groups is 1. The number of carbonyl (C=O) groups excluding carboxylic acids is 1. The number of fused-ring (bicyclic) bond motifs is 1. The fraction of sp³-hybridized carbons (Fsp3) is 0.320. The number of nitrogens with two attached hydrogens (primary N) is 1. The molecule has 0 radical (unpaired) electrons. The summed E-state index contributed by atoms with van der Waals surface area (Å²) in [6.07, 6.45) is 0. The molecule has 0 aliphatic heterocycles. The van der Waals surface area contributed by atoms with E-state index in [1.54, 1.807) is 18.2 Å². The largest absolute Gasteiger partial charge is 0.368 e. The van der Waals surface area contributed by atoms with Gasteiger partial charge in [-0.3, -0.25) is 14.2 Å². The van der Waals surface area contributed by atoms with Crippen LogP contribution in [0.3, 0.4) is 0 Å². The fourth-order valence-corrected chi connectivity index (χ4v) is 4.73. The lowest BCUT2D eigenvalue weighted by Gasteiger charge is -2.19. The molecule has 2 N–H and O–H groups in total. The van der Waals surface area contributed by atoms with Gasteiger partial charge >= 0.3 is 0 Å². The van der Waals surface area contributed by atoms with E-state index in [9.17, 15) is 9.59 Å². The minimum Gasteiger partial charge on any atom is -0.368 e. The maximum atomic E-state index is 13.0. The highest BCUT2D eigenvalue weighted by Gasteiger charge is 2.18. The second-order valence-corrected chi connectivity index (χ2v) is 10.0. The number of aromatic nitrogens is 5. The Bertz CT molecular complexity index is 1400. The van der Waals surface area contributed by atoms with Crippen LogP contribution in [0.4, 0.5) is 0 Å². The quantitative estimate of drug-likeness (QED) is 0.407. The molecule has 1 amide bonds. The third kappa shape index (κ3) is 4.75. The van der Waals surface area contributed by atoms with Crippen molar-refractivity contribution < 1.29 is 4.79 Å². The molecule has 0 saturated heterocycles. The molecule has 2 aromatic heterocycles. The van der Waals surface area contributed by atoms with Gasteiger partial charge in [0.25, 0.3) is 5.56 Å². The van der Waals surface area contributed by atoms with Crippen LogP contribution < -0.4 is 11.3 Å². The highest BCUT2D eigenvalue weighted by molar-refractivity contribution is 7.98. The normalized spacial score (nSPS) is 11.8. The number of hydrogen-bond donors (Lipinski definition) is 1. The van der Waals surface area contributed by atoms with Crippen LogP contribution in [0.1, 0.15) is 39.1 Å². The molecule has 0 aliphatic carbocycles. The second kappa shape index (κ2) is 9.42. The minimum atomic E-state index is -0.594. The molecule has 4 aromatic rings. The van der Waals surface area contributed by atoms with Crippen molar-refractivity contribution in [3.05, 3.63) is 70.3 Å². The number of rotatable bonds is 7. The van der Waals surface area contributed by atoms with Crippen molar-refractivity contribution >= 4 is 28.6 Å². The Labute approximate surface area is 202 Å². The minimum absolute atomic E-state index is 0.0749. The van der Waals surface area contributed by atoms with Crippen LogP contribution >= 0.6 is 11.8 Å². The van der Waals surface area contributed by atoms with Gasteiger partial charge in [-0.25, -0.2) is 4.98 Å². The Morgan fingerprint density at radius 1 is 1.03 bits per heavy atom. The Morgan fingerprint density at radius 2 is 1.74 bits per heavy atom. The standard InChI is InChI=1S/C25H28N6O2S/c1-5-30-22(16-10-12-17(13-11-16)25(2,3)4)28-29-24(30)34-15-21-27-19-9-7-6-8-18(19)23(33)31(21)14-20(26)32/h6-13H,5,14-15H2,1-4H3,(H2,26,32). The van der Waals surface area contributed by atoms with Gasteiger partial charge < -0.3 is 10.3 Å². The molecule has 9 heteroatoms. The number of hydrogen-bond acceptors (Lipinski definition) is 6. The van der Waals surface area contributed by atoms with E-state index >= 15 is 0 Å². The SMILES string of the molecule is CCn1c(SCc2nc3ccccc3c(=O)n2CC(N)=O)nnc1-c1ccc(C(C)(C)C)cc1. The van der Waals surface area contributed by atoms with Gasteiger partial charge in [0, 0.05) is 12.1 Å². The topological polar surface area (TPSA) is 109 Å². The number of para-hydroxylation sites is 1. The van der Waals surface area contributed by atoms with E-state index in [2.05, 4.69) is 60.2 Å². The summed E-state index contributed by atoms with van der Waals surface area (Å²) in [7, 11) is 0. The van der Waals surface area contributed by atoms with E-state index in [-0.39, 0.29) is 17.5 Å². The van der Waals surface area contributed by atoms with Gasteiger partial charge in [-0.05, 0) is 30.0 Å². The summed E-state index contributed by atoms with van der Waals surface area (Å²) >= 11 is 1.42. The molecule has 0 atom stereocenters. The van der Waals surface area contributed by atoms with Crippen LogP contribution in [0.5, 0.6) is 0 Å². The lowest BCUT2D eigenvalue weighted by atomic mass is 9.87. The van der Waals surface area contributed by atoms with E-state index < -0.39 is 5.91 Å². The average molecular weight is 477 g/mol. The molecule has 176 valence electrons. The van der Waals surface area contributed by atoms with Gasteiger partial charge in [-0.15, -0.1) is 10.2 Å². The molecule has 0 unspecified atom stereocenters. The van der Waals surface area contributed by atoms with Gasteiger partial charge in [0.15, 0.2) is 11.0 Å². The zero-order valence-electron chi connectivity index (χ0n) is 19.8. The molecule has 0 fully saturated rings. The lowest BCUT2D eigenvalue weighted by Crippen LogP contribution is -2.31. The van der Waals surface area contributed by atoms with Gasteiger partial charge in [-0.1, -0.05) is 68.9 Å². The highest BCUT2D eigenvalue weighted by atomic mass is 32.2. The van der Waals surface area contributed by atoms with E-state index in [0.717, 1.165) is 11.4 Å². The number of primary amides is 1. The van der Waals surface area contributed by atoms with Crippen LogP contribution in [-0.4, -0.2) is 30.2 Å². The molecule has 0 bridgehead atoms. The molecule has 8 nitrogen and oxygen atoms in total. The summed E-state index contributed by atoms with van der Waals surface area (Å²) < 4.78 is 3.38. The van der Waals surface area contributed by atoms with Crippen LogP contribution in [-0.2, 0) is 29.1 Å². The molecule has 0 saturated carbocycles. The first-order valence-electron chi connectivity index (χ1n) is 11.1. The highest BCUT2D eigenvalue weighted by Crippen LogP contribution is 2.28. The second-order valence-electron chi connectivity index (χ2n) is 9.07. The fourth-order valence-electron chi connectivity index (χ4n) is 3.79. The van der Waals surface area contributed by atoms with E-state index in [1.807, 2.05) is 17.6 Å². The Hall–Kier alpha value is -3.46. The molecule has 0 spiro atoms. The van der Waals surface area contributed by atoms with Crippen LogP contribution in [0.2, 0.25) is 0 Å². The average Bonchev–Trinajstić information content (AvgIpc) is 3.22. The predicted octanol–water partition coefficient (Wildman–Crippen LogP) is 3.75. The van der Waals surface area contributed by atoms with Crippen molar-refractivity contribution in [3.63, 3.8) is 0 Å². The molecular formula is C25H28N6O2S. The summed E-state index contributed by atoms with van der Waals surface area (Å²) in [5.41, 5.74) is 8.02. The first-order chi connectivity index (χ1) is 16.2. The van der Waals surface area contributed by atoms with Crippen molar-refractivity contribution in [3.8, 4) is 11.4 Å². The maximum absolute atomic E-state index is 13.0. The monoisotopic (exact) mass is 476 g/mol. The zero-order chi connectivity index (χ0) is 24.5. The molecule has 34 heavy (non-hydrogen) atoms. The van der Waals surface area contributed by atoms with Crippen LogP contribution in [0, 0.1) is 0 Å². The third-order valence-electron chi connectivity index (χ3n) is 5.63. The molecular weight excluding hydrogens is 448 g/mol. The van der Waals surface area contributed by atoms with Gasteiger partial charge in [0.2, 0.25) is 5.91 Å². The van der Waals surface area contributed by atoms with E-state index in [4.69, 9.17) is 5.73 Å². The number of nitrogens with zero attached hydrogens (tertiary/aromatic N) is 5. The van der Waals surface area contributed by atoms with Crippen molar-refractivity contribution in [2.75, 3.05) is 0 Å². The maximum Gasteiger partial charge on any atom is 0.261 e. The molecule has 0 aliphatic rings. The van der Waals surface area contributed by atoms with Crippen LogP contribution in [0.25, 0.3) is 22.3 Å². The van der Waals surface area contributed by atoms with Crippen molar-refractivity contribution in [2.24, 2.45) is 5.73 Å². The zero-order valence-corrected chi connectivity index (χ0v) is 20.6. The van der Waals surface area contributed by atoms with Gasteiger partial charge in [0.1, 0.15) is 12.4 Å². The lowest BCUT2D eigenvalue weighted by molar-refractivity contribution is -0.118. The van der Waals surface area contributed by atoms with Crippen molar-refractivity contribution in [2.45, 2.75) is 57.1 Å². The molecule has 4 rings (SSSR count). The predicted molar refractivity (Wildman–Crippen MR) is 135 cm³/mol. The summed E-state index contributed by atoms with van der Waals surface area (Å²) in [4.78, 5) is 29.2. The van der Waals surface area contributed by atoms with Gasteiger partial charge in [0.05, 0.1) is 16.7 Å². The summed E-state index contributed by atoms with van der Waals surface area (Å²) in [5.74, 6) is 0.998. The molecule has 2 heterocycles. The van der Waals surface area contributed by atoms with Crippen molar-refractivity contribution in [1.82, 2.24) is 24.3 Å². The third-order valence-corrected chi connectivity index (χ3v) is 6.59. The number of carbonyl (C=O) groups is 1. The van der Waals surface area contributed by atoms with Crippen LogP contribution in [0.15, 0.2) is 58.5 Å². The van der Waals surface area contributed by atoms with E-state index in [0.29, 0.717) is 34.2 Å². The Morgan fingerprint density at radius 3 is 2.38 bits per heavy atom. The summed E-state index contributed by atoms with van der Waals surface area (Å²) in [6, 6.07) is 15.5. The Balaban J connectivity index is 1.65. The number of amides is 1. The molecule has 2 aromatic carbocycles. The van der Waals surface area contributed by atoms with Crippen molar-refractivity contribution in [1.29, 1.82) is 0 Å². The van der Waals surface area contributed by atoms with E-state index in [1.165, 1.54) is 21.9 Å². The smallest absolute Gasteiger partial charge is 0.261 e. The Kier molecular flexibility index (Phi) is 6.56. The first kappa shape index (κ1) is 23.7.